The Morgan fingerprint density at radius 2 is 2.09 bits per heavy atom. The van der Waals surface area contributed by atoms with Gasteiger partial charge >= 0.3 is 5.97 Å². The van der Waals surface area contributed by atoms with Crippen LogP contribution in [-0.2, 0) is 16.0 Å². The van der Waals surface area contributed by atoms with Crippen LogP contribution in [0, 0.1) is 24.7 Å². The summed E-state index contributed by atoms with van der Waals surface area (Å²) < 4.78 is 4.91. The van der Waals surface area contributed by atoms with Gasteiger partial charge in [0.05, 0.1) is 12.7 Å². The van der Waals surface area contributed by atoms with Crippen LogP contribution in [0.2, 0.25) is 0 Å². The number of amides is 1. The first-order valence-electron chi connectivity index (χ1n) is 8.06. The third kappa shape index (κ3) is 2.56. The number of fused-ring (bicyclic) bond motifs is 2. The van der Waals surface area contributed by atoms with E-state index in [0.717, 1.165) is 29.2 Å². The van der Waals surface area contributed by atoms with E-state index in [1.165, 1.54) is 37.7 Å². The average Bonchev–Trinajstić information content (AvgIpc) is 3.20. The zero-order valence-electron chi connectivity index (χ0n) is 13.4. The van der Waals surface area contributed by atoms with Crippen LogP contribution < -0.4 is 5.32 Å². The van der Waals surface area contributed by atoms with Crippen LogP contribution in [0.1, 0.15) is 53.4 Å². The van der Waals surface area contributed by atoms with Gasteiger partial charge in [-0.05, 0) is 50.0 Å². The highest BCUT2D eigenvalue weighted by Crippen LogP contribution is 2.49. The number of thiophene rings is 1. The lowest BCUT2D eigenvalue weighted by atomic mass is 9.88. The topological polar surface area (TPSA) is 55.4 Å². The van der Waals surface area contributed by atoms with Crippen molar-refractivity contribution < 1.29 is 14.3 Å². The van der Waals surface area contributed by atoms with E-state index in [4.69, 9.17) is 4.74 Å². The Morgan fingerprint density at radius 3 is 2.64 bits per heavy atom. The standard InChI is InChI=1S/C17H23NO3S/c1-4-12-9(2)22-16(14(12)17(20)21-3)18-15(19)13-8-10-5-6-11(13)7-10/h10-11,13H,4-8H2,1-3H3,(H,18,19)/t10-,11-,13-/m1/s1. The highest BCUT2D eigenvalue weighted by molar-refractivity contribution is 7.16. The molecule has 0 aliphatic heterocycles. The zero-order chi connectivity index (χ0) is 15.9. The summed E-state index contributed by atoms with van der Waals surface area (Å²) in [5.41, 5.74) is 1.53. The van der Waals surface area contributed by atoms with Gasteiger partial charge in [-0.2, -0.15) is 0 Å². The van der Waals surface area contributed by atoms with Crippen molar-refractivity contribution in [2.45, 2.75) is 46.0 Å². The number of methoxy groups -OCH3 is 1. The molecular weight excluding hydrogens is 298 g/mol. The van der Waals surface area contributed by atoms with Gasteiger partial charge in [0.25, 0.3) is 0 Å². The largest absolute Gasteiger partial charge is 0.465 e. The monoisotopic (exact) mass is 321 g/mol. The van der Waals surface area contributed by atoms with Crippen molar-refractivity contribution in [1.29, 1.82) is 0 Å². The molecule has 1 aromatic heterocycles. The Bertz CT molecular complexity index is 607. The van der Waals surface area contributed by atoms with Gasteiger partial charge in [-0.3, -0.25) is 4.79 Å². The molecule has 0 aromatic carbocycles. The number of carbonyl (C=O) groups is 2. The molecule has 2 aliphatic carbocycles. The van der Waals surface area contributed by atoms with Gasteiger partial charge in [0, 0.05) is 10.8 Å². The molecule has 2 fully saturated rings. The van der Waals surface area contributed by atoms with E-state index < -0.39 is 0 Å². The molecule has 2 aliphatic rings. The predicted octanol–water partition coefficient (Wildman–Crippen LogP) is 3.78. The maximum atomic E-state index is 12.6. The highest BCUT2D eigenvalue weighted by Gasteiger charge is 2.43. The maximum absolute atomic E-state index is 12.6. The Labute approximate surface area is 135 Å². The number of aryl methyl sites for hydroxylation is 1. The fourth-order valence-corrected chi connectivity index (χ4v) is 5.32. The van der Waals surface area contributed by atoms with Crippen molar-refractivity contribution in [2.24, 2.45) is 17.8 Å². The number of hydrogen-bond donors (Lipinski definition) is 1. The number of hydrogen-bond acceptors (Lipinski definition) is 4. The molecule has 2 bridgehead atoms. The van der Waals surface area contributed by atoms with E-state index in [0.29, 0.717) is 16.5 Å². The summed E-state index contributed by atoms with van der Waals surface area (Å²) in [6, 6.07) is 0. The normalized spacial score (nSPS) is 26.2. The van der Waals surface area contributed by atoms with Crippen LogP contribution in [0.4, 0.5) is 5.00 Å². The van der Waals surface area contributed by atoms with Gasteiger partial charge in [0.1, 0.15) is 5.00 Å². The molecule has 2 saturated carbocycles. The van der Waals surface area contributed by atoms with Gasteiger partial charge in [0.15, 0.2) is 0 Å². The van der Waals surface area contributed by atoms with E-state index in [9.17, 15) is 9.59 Å². The summed E-state index contributed by atoms with van der Waals surface area (Å²) >= 11 is 1.48. The molecule has 0 unspecified atom stereocenters. The van der Waals surface area contributed by atoms with Crippen molar-refractivity contribution in [3.8, 4) is 0 Å². The highest BCUT2D eigenvalue weighted by atomic mass is 32.1. The quantitative estimate of drug-likeness (QED) is 0.859. The minimum atomic E-state index is -0.357. The molecule has 0 saturated heterocycles. The second-order valence-electron chi connectivity index (χ2n) is 6.46. The number of rotatable bonds is 4. The number of carbonyl (C=O) groups excluding carboxylic acids is 2. The lowest BCUT2D eigenvalue weighted by molar-refractivity contribution is -0.121. The fourth-order valence-electron chi connectivity index (χ4n) is 4.18. The van der Waals surface area contributed by atoms with Crippen molar-refractivity contribution >= 4 is 28.2 Å². The van der Waals surface area contributed by atoms with E-state index in [1.54, 1.807) is 0 Å². The fraction of sp³-hybridized carbons (Fsp3) is 0.647. The molecule has 120 valence electrons. The maximum Gasteiger partial charge on any atom is 0.341 e. The molecule has 3 atom stereocenters. The van der Waals surface area contributed by atoms with Gasteiger partial charge < -0.3 is 10.1 Å². The molecule has 1 amide bonds. The third-order valence-electron chi connectivity index (χ3n) is 5.26. The molecular formula is C17H23NO3S. The minimum Gasteiger partial charge on any atom is -0.465 e. The van der Waals surface area contributed by atoms with Crippen LogP contribution in [0.3, 0.4) is 0 Å². The first kappa shape index (κ1) is 15.5. The number of esters is 1. The molecule has 3 rings (SSSR count). The van der Waals surface area contributed by atoms with E-state index in [-0.39, 0.29) is 17.8 Å². The van der Waals surface area contributed by atoms with Gasteiger partial charge in [-0.15, -0.1) is 11.3 Å². The second-order valence-corrected chi connectivity index (χ2v) is 7.68. The van der Waals surface area contributed by atoms with E-state index in [2.05, 4.69) is 5.32 Å². The van der Waals surface area contributed by atoms with Crippen molar-refractivity contribution in [1.82, 2.24) is 0 Å². The summed E-state index contributed by atoms with van der Waals surface area (Å²) in [6.07, 6.45) is 5.42. The predicted molar refractivity (Wildman–Crippen MR) is 87.3 cm³/mol. The Kier molecular flexibility index (Phi) is 4.26. The number of nitrogens with one attached hydrogen (secondary N) is 1. The zero-order valence-corrected chi connectivity index (χ0v) is 14.2. The molecule has 1 heterocycles. The van der Waals surface area contributed by atoms with Crippen molar-refractivity contribution in [3.63, 3.8) is 0 Å². The van der Waals surface area contributed by atoms with Crippen molar-refractivity contribution in [2.75, 3.05) is 12.4 Å². The number of anilines is 1. The first-order chi connectivity index (χ1) is 10.5. The van der Waals surface area contributed by atoms with Crippen molar-refractivity contribution in [3.05, 3.63) is 16.0 Å². The molecule has 0 spiro atoms. The minimum absolute atomic E-state index is 0.0845. The molecule has 22 heavy (non-hydrogen) atoms. The Hall–Kier alpha value is -1.36. The molecule has 4 nitrogen and oxygen atoms in total. The summed E-state index contributed by atoms with van der Waals surface area (Å²) in [5, 5.41) is 3.69. The molecule has 1 aromatic rings. The summed E-state index contributed by atoms with van der Waals surface area (Å²) in [4.78, 5) is 25.8. The summed E-state index contributed by atoms with van der Waals surface area (Å²) in [6.45, 7) is 4.01. The SMILES string of the molecule is CCc1c(C)sc(NC(=O)[C@@H]2C[C@@H]3CC[C@@H]2C3)c1C(=O)OC. The van der Waals surface area contributed by atoms with E-state index in [1.807, 2.05) is 13.8 Å². The smallest absolute Gasteiger partial charge is 0.341 e. The summed E-state index contributed by atoms with van der Waals surface area (Å²) in [7, 11) is 1.39. The van der Waals surface area contributed by atoms with Crippen LogP contribution >= 0.6 is 11.3 Å². The lowest BCUT2D eigenvalue weighted by Crippen LogP contribution is -2.27. The van der Waals surface area contributed by atoms with Crippen LogP contribution in [-0.4, -0.2) is 19.0 Å². The molecule has 0 radical (unpaired) electrons. The Balaban J connectivity index is 1.82. The van der Waals surface area contributed by atoms with Crippen LogP contribution in [0.5, 0.6) is 0 Å². The lowest BCUT2D eigenvalue weighted by Gasteiger charge is -2.20. The van der Waals surface area contributed by atoms with Gasteiger partial charge in [0.2, 0.25) is 5.91 Å². The third-order valence-corrected chi connectivity index (χ3v) is 6.33. The average molecular weight is 321 g/mol. The summed E-state index contributed by atoms with van der Waals surface area (Å²) in [5.74, 6) is 1.12. The first-order valence-corrected chi connectivity index (χ1v) is 8.88. The van der Waals surface area contributed by atoms with Gasteiger partial charge in [-0.25, -0.2) is 4.79 Å². The molecule has 1 N–H and O–H groups in total. The number of ether oxygens (including phenoxy) is 1. The van der Waals surface area contributed by atoms with Gasteiger partial charge in [-0.1, -0.05) is 13.3 Å². The second kappa shape index (κ2) is 6.03. The van der Waals surface area contributed by atoms with E-state index >= 15 is 0 Å². The van der Waals surface area contributed by atoms with Crippen LogP contribution in [0.15, 0.2) is 0 Å². The van der Waals surface area contributed by atoms with Crippen LogP contribution in [0.25, 0.3) is 0 Å². The Morgan fingerprint density at radius 1 is 1.32 bits per heavy atom. The molecule has 5 heteroatoms.